The molecule has 0 radical (unpaired) electrons. The maximum Gasteiger partial charge on any atom is 0.308 e. The molecule has 0 saturated carbocycles. The van der Waals surface area contributed by atoms with Gasteiger partial charge in [-0.3, -0.25) is 9.59 Å². The van der Waals surface area contributed by atoms with Gasteiger partial charge in [-0.05, 0) is 24.6 Å². The van der Waals surface area contributed by atoms with Crippen LogP contribution >= 0.6 is 11.6 Å². The minimum absolute atomic E-state index is 0.253. The van der Waals surface area contributed by atoms with Crippen LogP contribution in [0.15, 0.2) is 39.5 Å². The molecule has 2 heterocycles. The highest BCUT2D eigenvalue weighted by molar-refractivity contribution is 6.34. The number of carboxylic acid groups (broad SMARTS) is 1. The Balaban J connectivity index is 1.94. The fourth-order valence-electron chi connectivity index (χ4n) is 3.41. The first-order valence-electron chi connectivity index (χ1n) is 8.06. The predicted molar refractivity (Wildman–Crippen MR) is 97.7 cm³/mol. The monoisotopic (exact) mass is 368 g/mol. The summed E-state index contributed by atoms with van der Waals surface area (Å²) in [4.78, 5) is 25.8. The minimum Gasteiger partial charge on any atom is -0.481 e. The number of aliphatic carboxylic acids is 1. The van der Waals surface area contributed by atoms with Crippen molar-refractivity contribution in [2.45, 2.75) is 6.42 Å². The van der Waals surface area contributed by atoms with E-state index in [1.165, 1.54) is 6.07 Å². The summed E-state index contributed by atoms with van der Waals surface area (Å²) in [6.07, 6.45) is 0.506. The predicted octanol–water partition coefficient (Wildman–Crippen LogP) is 3.38. The van der Waals surface area contributed by atoms with E-state index in [9.17, 15) is 20.0 Å². The van der Waals surface area contributed by atoms with Gasteiger partial charge >= 0.3 is 5.97 Å². The number of para-hydroxylation sites is 1. The van der Waals surface area contributed by atoms with Gasteiger partial charge in [0.2, 0.25) is 5.43 Å². The summed E-state index contributed by atoms with van der Waals surface area (Å²) in [7, 11) is 0. The van der Waals surface area contributed by atoms with Crippen molar-refractivity contribution in [2.75, 3.05) is 18.0 Å². The molecule has 130 valence electrons. The molecular formula is C19H13ClN2O4. The average molecular weight is 369 g/mol. The van der Waals surface area contributed by atoms with Crippen LogP contribution in [0.25, 0.3) is 21.9 Å². The second-order valence-corrected chi connectivity index (χ2v) is 6.70. The normalized spacial score (nSPS) is 16.9. The molecule has 0 amide bonds. The van der Waals surface area contributed by atoms with Crippen LogP contribution in [-0.2, 0) is 4.79 Å². The number of rotatable bonds is 2. The van der Waals surface area contributed by atoms with E-state index < -0.39 is 11.9 Å². The highest BCUT2D eigenvalue weighted by Gasteiger charge is 2.29. The molecule has 26 heavy (non-hydrogen) atoms. The van der Waals surface area contributed by atoms with Crippen LogP contribution in [0.4, 0.5) is 5.69 Å². The molecule has 1 aromatic heterocycles. The number of fused-ring (bicyclic) bond motifs is 2. The first-order valence-corrected chi connectivity index (χ1v) is 8.44. The summed E-state index contributed by atoms with van der Waals surface area (Å²) in [5, 5.41) is 19.7. The number of hydrogen-bond acceptors (Lipinski definition) is 5. The highest BCUT2D eigenvalue weighted by Crippen LogP contribution is 2.32. The summed E-state index contributed by atoms with van der Waals surface area (Å²) in [5.41, 5.74) is 1.25. The van der Waals surface area contributed by atoms with Gasteiger partial charge in [0.1, 0.15) is 11.7 Å². The zero-order valence-corrected chi connectivity index (χ0v) is 14.3. The topological polar surface area (TPSA) is 94.5 Å². The van der Waals surface area contributed by atoms with E-state index in [-0.39, 0.29) is 5.43 Å². The van der Waals surface area contributed by atoms with Crippen molar-refractivity contribution in [1.29, 1.82) is 5.26 Å². The van der Waals surface area contributed by atoms with Gasteiger partial charge in [-0.15, -0.1) is 0 Å². The lowest BCUT2D eigenvalue weighted by Gasteiger charge is -2.20. The number of anilines is 1. The molecule has 2 aromatic carbocycles. The van der Waals surface area contributed by atoms with Gasteiger partial charge < -0.3 is 14.4 Å². The fraction of sp³-hybridized carbons (Fsp3) is 0.211. The third kappa shape index (κ3) is 2.49. The van der Waals surface area contributed by atoms with E-state index in [1.54, 1.807) is 24.3 Å². The Bertz CT molecular complexity index is 1160. The Hall–Kier alpha value is -3.04. The van der Waals surface area contributed by atoms with Crippen LogP contribution in [-0.4, -0.2) is 24.2 Å². The Labute approximate surface area is 152 Å². The zero-order chi connectivity index (χ0) is 18.4. The lowest BCUT2D eigenvalue weighted by molar-refractivity contribution is -0.140. The number of hydrogen-bond donors (Lipinski definition) is 1. The Morgan fingerprint density at radius 2 is 2.15 bits per heavy atom. The molecule has 0 spiro atoms. The third-order valence-corrected chi connectivity index (χ3v) is 5.06. The molecule has 1 aliphatic heterocycles. The Morgan fingerprint density at radius 3 is 2.85 bits per heavy atom. The summed E-state index contributed by atoms with van der Waals surface area (Å²) in [6.45, 7) is 0.837. The number of carboxylic acids is 1. The summed E-state index contributed by atoms with van der Waals surface area (Å²) in [5.74, 6) is -1.33. The van der Waals surface area contributed by atoms with Gasteiger partial charge in [-0.1, -0.05) is 17.7 Å². The number of benzene rings is 2. The van der Waals surface area contributed by atoms with Crippen molar-refractivity contribution in [3.05, 3.63) is 51.1 Å². The van der Waals surface area contributed by atoms with Gasteiger partial charge in [0.05, 0.1) is 33.0 Å². The van der Waals surface area contributed by atoms with Crippen molar-refractivity contribution < 1.29 is 14.3 Å². The largest absolute Gasteiger partial charge is 0.481 e. The minimum atomic E-state index is -0.851. The molecule has 1 fully saturated rings. The molecule has 1 aliphatic rings. The van der Waals surface area contributed by atoms with Gasteiger partial charge in [0.15, 0.2) is 5.58 Å². The van der Waals surface area contributed by atoms with Crippen LogP contribution in [0.5, 0.6) is 0 Å². The van der Waals surface area contributed by atoms with Crippen LogP contribution in [0, 0.1) is 17.2 Å². The average Bonchev–Trinajstić information content (AvgIpc) is 3.12. The van der Waals surface area contributed by atoms with Gasteiger partial charge in [-0.25, -0.2) is 0 Å². The van der Waals surface area contributed by atoms with Gasteiger partial charge in [0, 0.05) is 19.2 Å². The lowest BCUT2D eigenvalue weighted by atomic mass is 10.1. The van der Waals surface area contributed by atoms with Crippen molar-refractivity contribution >= 4 is 45.2 Å². The molecule has 1 unspecified atom stereocenters. The van der Waals surface area contributed by atoms with Crippen LogP contribution in [0.1, 0.15) is 12.0 Å². The number of carbonyl (C=O) groups is 1. The van der Waals surface area contributed by atoms with E-state index in [4.69, 9.17) is 16.0 Å². The molecule has 1 saturated heterocycles. The second kappa shape index (κ2) is 6.04. The SMILES string of the molecule is N#Cc1cc2c(=O)c3cccc(Cl)c3oc2cc1N1CCC(C(=O)O)C1. The van der Waals surface area contributed by atoms with Crippen LogP contribution < -0.4 is 10.3 Å². The Kier molecular flexibility index (Phi) is 3.82. The van der Waals surface area contributed by atoms with Gasteiger partial charge in [-0.2, -0.15) is 5.26 Å². The molecule has 1 atom stereocenters. The molecule has 4 rings (SSSR count). The van der Waals surface area contributed by atoms with Crippen LogP contribution in [0.2, 0.25) is 5.02 Å². The van der Waals surface area contributed by atoms with E-state index in [0.717, 1.165) is 0 Å². The van der Waals surface area contributed by atoms with Crippen molar-refractivity contribution in [1.82, 2.24) is 0 Å². The molecule has 6 nitrogen and oxygen atoms in total. The Morgan fingerprint density at radius 1 is 1.35 bits per heavy atom. The van der Waals surface area contributed by atoms with E-state index >= 15 is 0 Å². The van der Waals surface area contributed by atoms with Gasteiger partial charge in [0.25, 0.3) is 0 Å². The molecule has 0 aliphatic carbocycles. The number of nitriles is 1. The molecular weight excluding hydrogens is 356 g/mol. The molecule has 0 bridgehead atoms. The standard InChI is InChI=1S/C19H13ClN2O4/c20-14-3-1-2-12-17(23)13-6-11(8-21)15(7-16(13)26-18(12)14)22-5-4-10(9-22)19(24)25/h1-3,6-7,10H,4-5,9H2,(H,24,25). The smallest absolute Gasteiger partial charge is 0.308 e. The molecule has 3 aromatic rings. The fourth-order valence-corrected chi connectivity index (χ4v) is 3.62. The number of halogens is 1. The number of nitrogens with zero attached hydrogens (tertiary/aromatic N) is 2. The third-order valence-electron chi connectivity index (χ3n) is 4.76. The summed E-state index contributed by atoms with van der Waals surface area (Å²) >= 11 is 6.15. The van der Waals surface area contributed by atoms with E-state index in [2.05, 4.69) is 6.07 Å². The highest BCUT2D eigenvalue weighted by atomic mass is 35.5. The second-order valence-electron chi connectivity index (χ2n) is 6.29. The van der Waals surface area contributed by atoms with E-state index in [0.29, 0.717) is 57.7 Å². The van der Waals surface area contributed by atoms with Crippen LogP contribution in [0.3, 0.4) is 0 Å². The molecule has 1 N–H and O–H groups in total. The zero-order valence-electron chi connectivity index (χ0n) is 13.5. The first kappa shape index (κ1) is 16.4. The maximum absolute atomic E-state index is 12.8. The summed E-state index contributed by atoms with van der Waals surface area (Å²) in [6, 6.07) is 10.2. The maximum atomic E-state index is 12.8. The van der Waals surface area contributed by atoms with Crippen molar-refractivity contribution in [3.63, 3.8) is 0 Å². The molecule has 7 heteroatoms. The first-order chi connectivity index (χ1) is 12.5. The van der Waals surface area contributed by atoms with Crippen molar-refractivity contribution in [3.8, 4) is 6.07 Å². The van der Waals surface area contributed by atoms with E-state index in [1.807, 2.05) is 4.90 Å². The lowest BCUT2D eigenvalue weighted by Crippen LogP contribution is -2.23. The van der Waals surface area contributed by atoms with Crippen molar-refractivity contribution in [2.24, 2.45) is 5.92 Å². The summed E-state index contributed by atoms with van der Waals surface area (Å²) < 4.78 is 5.85. The quantitative estimate of drug-likeness (QED) is 0.697.